The van der Waals surface area contributed by atoms with Crippen LogP contribution in [0.1, 0.15) is 10.4 Å². The van der Waals surface area contributed by atoms with Crippen molar-refractivity contribution in [3.05, 3.63) is 71.9 Å². The lowest BCUT2D eigenvalue weighted by molar-refractivity contribution is 0.101. The van der Waals surface area contributed by atoms with E-state index in [2.05, 4.69) is 10.3 Å². The molecule has 0 atom stereocenters. The van der Waals surface area contributed by atoms with Crippen molar-refractivity contribution >= 4 is 11.7 Å². The molecule has 0 bridgehead atoms. The minimum Gasteiger partial charge on any atom is -0.493 e. The van der Waals surface area contributed by atoms with Gasteiger partial charge in [-0.1, -0.05) is 12.1 Å². The molecular formula is C20H16F2N2O3. The molecule has 0 saturated carbocycles. The maximum atomic E-state index is 13.7. The van der Waals surface area contributed by atoms with E-state index in [1.165, 1.54) is 12.3 Å². The van der Waals surface area contributed by atoms with Crippen molar-refractivity contribution in [2.75, 3.05) is 19.5 Å². The molecule has 3 rings (SSSR count). The number of methoxy groups -OCH3 is 2. The van der Waals surface area contributed by atoms with Crippen molar-refractivity contribution in [3.8, 4) is 22.6 Å². The Morgan fingerprint density at radius 1 is 0.926 bits per heavy atom. The van der Waals surface area contributed by atoms with Gasteiger partial charge < -0.3 is 14.8 Å². The molecule has 27 heavy (non-hydrogen) atoms. The van der Waals surface area contributed by atoms with Gasteiger partial charge in [0.05, 0.1) is 14.2 Å². The van der Waals surface area contributed by atoms with Gasteiger partial charge in [0.2, 0.25) is 0 Å². The molecule has 3 aromatic rings. The number of nitrogens with one attached hydrogen (secondary N) is 1. The Kier molecular flexibility index (Phi) is 5.30. The summed E-state index contributed by atoms with van der Waals surface area (Å²) >= 11 is 0. The van der Waals surface area contributed by atoms with Gasteiger partial charge in [-0.05, 0) is 42.0 Å². The Bertz CT molecular complexity index is 955. The Morgan fingerprint density at radius 2 is 1.59 bits per heavy atom. The summed E-state index contributed by atoms with van der Waals surface area (Å²) < 4.78 is 37.8. The highest BCUT2D eigenvalue weighted by molar-refractivity contribution is 6.04. The fourth-order valence-electron chi connectivity index (χ4n) is 2.55. The number of ether oxygens (including phenoxy) is 2. The minimum absolute atomic E-state index is 0.173. The molecule has 0 aliphatic heterocycles. The van der Waals surface area contributed by atoms with Crippen molar-refractivity contribution in [2.45, 2.75) is 0 Å². The number of anilines is 1. The van der Waals surface area contributed by atoms with Crippen LogP contribution in [0, 0.1) is 11.6 Å². The maximum Gasteiger partial charge on any atom is 0.262 e. The number of aromatic nitrogens is 1. The van der Waals surface area contributed by atoms with E-state index < -0.39 is 23.1 Å². The third kappa shape index (κ3) is 3.87. The number of hydrogen-bond acceptors (Lipinski definition) is 4. The molecular weight excluding hydrogens is 354 g/mol. The zero-order chi connectivity index (χ0) is 19.4. The van der Waals surface area contributed by atoms with Crippen LogP contribution in [0.25, 0.3) is 11.1 Å². The van der Waals surface area contributed by atoms with Gasteiger partial charge >= 0.3 is 0 Å². The molecule has 0 aliphatic carbocycles. The van der Waals surface area contributed by atoms with Gasteiger partial charge in [-0.25, -0.2) is 13.8 Å². The van der Waals surface area contributed by atoms with Gasteiger partial charge in [0, 0.05) is 11.8 Å². The number of halogens is 2. The average Bonchev–Trinajstić information content (AvgIpc) is 2.68. The molecule has 5 nitrogen and oxygen atoms in total. The summed E-state index contributed by atoms with van der Waals surface area (Å²) in [6.07, 6.45) is 1.54. The summed E-state index contributed by atoms with van der Waals surface area (Å²) in [5, 5.41) is 2.38. The molecule has 1 amide bonds. The first kappa shape index (κ1) is 18.3. The zero-order valence-corrected chi connectivity index (χ0v) is 14.6. The first-order chi connectivity index (χ1) is 13.0. The summed E-state index contributed by atoms with van der Waals surface area (Å²) in [5.41, 5.74) is 0.951. The second-order valence-corrected chi connectivity index (χ2v) is 5.55. The molecule has 1 heterocycles. The van der Waals surface area contributed by atoms with Crippen molar-refractivity contribution in [1.29, 1.82) is 0 Å². The normalized spacial score (nSPS) is 10.4. The summed E-state index contributed by atoms with van der Waals surface area (Å²) in [6.45, 7) is 0. The third-order valence-corrected chi connectivity index (χ3v) is 3.91. The number of carbonyl (C=O) groups excluding carboxylic acids is 1. The Balaban J connectivity index is 1.81. The van der Waals surface area contributed by atoms with Crippen LogP contribution in [-0.4, -0.2) is 25.1 Å². The monoisotopic (exact) mass is 370 g/mol. The van der Waals surface area contributed by atoms with Crippen LogP contribution in [0.5, 0.6) is 11.5 Å². The van der Waals surface area contributed by atoms with E-state index in [4.69, 9.17) is 9.47 Å². The molecule has 0 radical (unpaired) electrons. The summed E-state index contributed by atoms with van der Waals surface area (Å²) in [4.78, 5) is 16.2. The Morgan fingerprint density at radius 3 is 2.19 bits per heavy atom. The van der Waals surface area contributed by atoms with Crippen molar-refractivity contribution in [1.82, 2.24) is 4.98 Å². The molecule has 7 heteroatoms. The number of amides is 1. The predicted molar refractivity (Wildman–Crippen MR) is 97.1 cm³/mol. The van der Waals surface area contributed by atoms with Gasteiger partial charge in [0.1, 0.15) is 23.0 Å². The topological polar surface area (TPSA) is 60.5 Å². The van der Waals surface area contributed by atoms with Crippen LogP contribution in [-0.2, 0) is 0 Å². The van der Waals surface area contributed by atoms with Crippen LogP contribution >= 0.6 is 0 Å². The van der Waals surface area contributed by atoms with Crippen LogP contribution in [0.3, 0.4) is 0 Å². The third-order valence-electron chi connectivity index (χ3n) is 3.91. The molecule has 138 valence electrons. The van der Waals surface area contributed by atoms with Crippen LogP contribution in [0.2, 0.25) is 0 Å². The Labute approximate surface area is 154 Å². The number of nitrogens with zero attached hydrogens (tertiary/aromatic N) is 1. The number of benzene rings is 2. The fourth-order valence-corrected chi connectivity index (χ4v) is 2.55. The fraction of sp³-hybridized carbons (Fsp3) is 0.100. The lowest BCUT2D eigenvalue weighted by Gasteiger charge is -2.10. The summed E-state index contributed by atoms with van der Waals surface area (Å²) in [7, 11) is 3.09. The van der Waals surface area contributed by atoms with Crippen LogP contribution in [0.4, 0.5) is 14.6 Å². The molecule has 0 spiro atoms. The van der Waals surface area contributed by atoms with Crippen molar-refractivity contribution in [3.63, 3.8) is 0 Å². The number of rotatable bonds is 5. The predicted octanol–water partition coefficient (Wildman–Crippen LogP) is 4.30. The first-order valence-electron chi connectivity index (χ1n) is 7.97. The van der Waals surface area contributed by atoms with Crippen LogP contribution < -0.4 is 14.8 Å². The largest absolute Gasteiger partial charge is 0.493 e. The highest BCUT2D eigenvalue weighted by Crippen LogP contribution is 2.32. The number of carbonyl (C=O) groups is 1. The van der Waals surface area contributed by atoms with Gasteiger partial charge in [0.25, 0.3) is 5.91 Å². The molecule has 1 aromatic heterocycles. The molecule has 1 N–H and O–H groups in total. The highest BCUT2D eigenvalue weighted by atomic mass is 19.1. The van der Waals surface area contributed by atoms with Gasteiger partial charge in [-0.15, -0.1) is 0 Å². The van der Waals surface area contributed by atoms with E-state index in [9.17, 15) is 13.6 Å². The zero-order valence-electron chi connectivity index (χ0n) is 14.6. The summed E-state index contributed by atoms with van der Waals surface area (Å²) in [5.74, 6) is -1.43. The molecule has 0 fully saturated rings. The van der Waals surface area contributed by atoms with Gasteiger partial charge in [-0.2, -0.15) is 0 Å². The second-order valence-electron chi connectivity index (χ2n) is 5.55. The van der Waals surface area contributed by atoms with E-state index in [-0.39, 0.29) is 5.82 Å². The quantitative estimate of drug-likeness (QED) is 0.728. The van der Waals surface area contributed by atoms with E-state index in [0.717, 1.165) is 23.3 Å². The van der Waals surface area contributed by atoms with E-state index in [1.54, 1.807) is 38.5 Å². The van der Waals surface area contributed by atoms with Gasteiger partial charge in [0.15, 0.2) is 11.5 Å². The van der Waals surface area contributed by atoms with Gasteiger partial charge in [-0.3, -0.25) is 4.79 Å². The molecule has 0 unspecified atom stereocenters. The molecule has 2 aromatic carbocycles. The lowest BCUT2D eigenvalue weighted by Crippen LogP contribution is -2.16. The standard InChI is InChI=1S/C20H16F2N2O3/c1-26-16-8-6-12(10-17(16)27-2)13-7-9-18(23-11-13)24-20(25)19-14(21)4-3-5-15(19)22/h3-11H,1-2H3,(H,23,24,25). The van der Waals surface area contributed by atoms with Crippen molar-refractivity contribution < 1.29 is 23.0 Å². The number of pyridine rings is 1. The summed E-state index contributed by atoms with van der Waals surface area (Å²) in [6, 6.07) is 11.9. The minimum atomic E-state index is -0.936. The first-order valence-corrected chi connectivity index (χ1v) is 7.97. The number of hydrogen-bond donors (Lipinski definition) is 1. The smallest absolute Gasteiger partial charge is 0.262 e. The highest BCUT2D eigenvalue weighted by Gasteiger charge is 2.17. The second kappa shape index (κ2) is 7.82. The van der Waals surface area contributed by atoms with E-state index >= 15 is 0 Å². The van der Waals surface area contributed by atoms with Crippen molar-refractivity contribution in [2.24, 2.45) is 0 Å². The molecule has 0 saturated heterocycles. The van der Waals surface area contributed by atoms with E-state index in [1.807, 2.05) is 6.07 Å². The maximum absolute atomic E-state index is 13.7. The average molecular weight is 370 g/mol. The van der Waals surface area contributed by atoms with Crippen LogP contribution in [0.15, 0.2) is 54.7 Å². The lowest BCUT2D eigenvalue weighted by atomic mass is 10.1. The SMILES string of the molecule is COc1ccc(-c2ccc(NC(=O)c3c(F)cccc3F)nc2)cc1OC. The molecule has 0 aliphatic rings. The Hall–Kier alpha value is -3.48. The van der Waals surface area contributed by atoms with E-state index in [0.29, 0.717) is 11.5 Å².